The standard InChI is InChI=1S/C15H11N3O5/c19-7-3-6-4-8-12(16-9(6)5-7)15(23)18(14(8)22)10-1-2-11(20)17-13(10)21/h4,10H,1-3,5H2,(H,17,20,21). The van der Waals surface area contributed by atoms with Crippen molar-refractivity contribution in [2.75, 3.05) is 0 Å². The van der Waals surface area contributed by atoms with Crippen molar-refractivity contribution in [3.63, 3.8) is 0 Å². The molecule has 1 fully saturated rings. The number of Topliss-reactive ketones (excluding diaryl/α,β-unsaturated/α-hetero) is 1. The van der Waals surface area contributed by atoms with Crippen LogP contribution in [0.4, 0.5) is 0 Å². The Kier molecular flexibility index (Phi) is 2.72. The minimum atomic E-state index is -1.00. The number of nitrogens with zero attached hydrogens (tertiary/aromatic N) is 2. The van der Waals surface area contributed by atoms with Gasteiger partial charge in [0.15, 0.2) is 0 Å². The maximum atomic E-state index is 12.5. The zero-order valence-corrected chi connectivity index (χ0v) is 11.9. The third kappa shape index (κ3) is 1.91. The van der Waals surface area contributed by atoms with Crippen LogP contribution in [0.5, 0.6) is 0 Å². The third-order valence-corrected chi connectivity index (χ3v) is 4.34. The van der Waals surface area contributed by atoms with Crippen LogP contribution in [0.2, 0.25) is 0 Å². The fourth-order valence-corrected chi connectivity index (χ4v) is 3.23. The lowest BCUT2D eigenvalue weighted by molar-refractivity contribution is -0.136. The summed E-state index contributed by atoms with van der Waals surface area (Å²) in [6.07, 6.45) is 0.536. The van der Waals surface area contributed by atoms with E-state index in [4.69, 9.17) is 0 Å². The second-order valence-corrected chi connectivity index (χ2v) is 5.83. The number of ketones is 1. The van der Waals surface area contributed by atoms with E-state index >= 15 is 0 Å². The van der Waals surface area contributed by atoms with Gasteiger partial charge in [0.2, 0.25) is 11.8 Å². The van der Waals surface area contributed by atoms with E-state index in [1.807, 2.05) is 0 Å². The van der Waals surface area contributed by atoms with E-state index < -0.39 is 29.7 Å². The Morgan fingerprint density at radius 1 is 1.09 bits per heavy atom. The first-order valence-corrected chi connectivity index (χ1v) is 7.22. The Morgan fingerprint density at radius 3 is 2.61 bits per heavy atom. The topological polar surface area (TPSA) is 114 Å². The van der Waals surface area contributed by atoms with Gasteiger partial charge in [-0.25, -0.2) is 4.98 Å². The van der Waals surface area contributed by atoms with Crippen LogP contribution in [0.1, 0.15) is 44.9 Å². The fourth-order valence-electron chi connectivity index (χ4n) is 3.23. The van der Waals surface area contributed by atoms with Gasteiger partial charge in [-0.3, -0.25) is 34.2 Å². The minimum absolute atomic E-state index is 0.00176. The lowest BCUT2D eigenvalue weighted by Crippen LogP contribution is -2.54. The molecule has 1 atom stereocenters. The van der Waals surface area contributed by atoms with Gasteiger partial charge in [-0.15, -0.1) is 0 Å². The van der Waals surface area contributed by atoms with Crippen LogP contribution in [0.3, 0.4) is 0 Å². The SMILES string of the molecule is O=C1Cc2cc3c(nc2C1)C(=O)N(C1CCC(=O)NC1=O)C3=O. The van der Waals surface area contributed by atoms with Crippen molar-refractivity contribution in [2.45, 2.75) is 31.7 Å². The lowest BCUT2D eigenvalue weighted by atomic mass is 10.0. The van der Waals surface area contributed by atoms with Crippen LogP contribution in [-0.4, -0.2) is 45.3 Å². The number of nitrogens with one attached hydrogen (secondary N) is 1. The average Bonchev–Trinajstić information content (AvgIpc) is 2.96. The van der Waals surface area contributed by atoms with Crippen LogP contribution in [0.15, 0.2) is 6.07 Å². The molecule has 2 aliphatic heterocycles. The Labute approximate surface area is 129 Å². The van der Waals surface area contributed by atoms with Gasteiger partial charge in [-0.1, -0.05) is 0 Å². The molecule has 1 N–H and O–H groups in total. The molecule has 8 nitrogen and oxygen atoms in total. The van der Waals surface area contributed by atoms with E-state index in [2.05, 4.69) is 10.3 Å². The lowest BCUT2D eigenvalue weighted by Gasteiger charge is -2.27. The minimum Gasteiger partial charge on any atom is -0.299 e. The number of piperidine rings is 1. The maximum Gasteiger partial charge on any atom is 0.280 e. The number of fused-ring (bicyclic) bond motifs is 2. The number of carbonyl (C=O) groups is 5. The molecule has 4 amide bonds. The highest BCUT2D eigenvalue weighted by atomic mass is 16.2. The van der Waals surface area contributed by atoms with Crippen LogP contribution in [0, 0.1) is 0 Å². The van der Waals surface area contributed by atoms with Crippen LogP contribution >= 0.6 is 0 Å². The number of hydrogen-bond donors (Lipinski definition) is 1. The number of imide groups is 2. The summed E-state index contributed by atoms with van der Waals surface area (Å²) < 4.78 is 0. The predicted octanol–water partition coefficient (Wildman–Crippen LogP) is -0.849. The van der Waals surface area contributed by atoms with Gasteiger partial charge < -0.3 is 0 Å². The summed E-state index contributed by atoms with van der Waals surface area (Å²) in [6.45, 7) is 0. The van der Waals surface area contributed by atoms with E-state index in [-0.39, 0.29) is 42.7 Å². The molecule has 23 heavy (non-hydrogen) atoms. The summed E-state index contributed by atoms with van der Waals surface area (Å²) in [7, 11) is 0. The molecule has 1 aliphatic carbocycles. The summed E-state index contributed by atoms with van der Waals surface area (Å²) >= 11 is 0. The predicted molar refractivity (Wildman–Crippen MR) is 73.3 cm³/mol. The van der Waals surface area contributed by atoms with Gasteiger partial charge >= 0.3 is 0 Å². The molecular weight excluding hydrogens is 302 g/mol. The average molecular weight is 313 g/mol. The first-order chi connectivity index (χ1) is 11.0. The number of aromatic nitrogens is 1. The molecule has 0 radical (unpaired) electrons. The molecule has 3 aliphatic rings. The van der Waals surface area contributed by atoms with Crippen molar-refractivity contribution in [1.82, 2.24) is 15.2 Å². The van der Waals surface area contributed by atoms with Crippen molar-refractivity contribution in [1.29, 1.82) is 0 Å². The fraction of sp³-hybridized carbons (Fsp3) is 0.333. The molecule has 0 bridgehead atoms. The van der Waals surface area contributed by atoms with Crippen LogP contribution < -0.4 is 5.32 Å². The Bertz CT molecular complexity index is 782. The van der Waals surface area contributed by atoms with Crippen LogP contribution in [-0.2, 0) is 27.2 Å². The second kappa shape index (κ2) is 4.55. The van der Waals surface area contributed by atoms with Crippen molar-refractivity contribution < 1.29 is 24.0 Å². The monoisotopic (exact) mass is 313 g/mol. The van der Waals surface area contributed by atoms with E-state index in [0.29, 0.717) is 11.3 Å². The Hall–Kier alpha value is -2.90. The summed E-state index contributed by atoms with van der Waals surface area (Å²) in [4.78, 5) is 64.7. The molecule has 0 spiro atoms. The van der Waals surface area contributed by atoms with Crippen LogP contribution in [0.25, 0.3) is 0 Å². The van der Waals surface area contributed by atoms with E-state index in [0.717, 1.165) is 4.90 Å². The largest absolute Gasteiger partial charge is 0.299 e. The number of rotatable bonds is 1. The molecule has 4 rings (SSSR count). The van der Waals surface area contributed by atoms with Crippen molar-refractivity contribution in [2.24, 2.45) is 0 Å². The van der Waals surface area contributed by atoms with Gasteiger partial charge in [0, 0.05) is 19.3 Å². The first kappa shape index (κ1) is 13.7. The summed E-state index contributed by atoms with van der Waals surface area (Å²) in [5.74, 6) is -2.33. The van der Waals surface area contributed by atoms with Crippen molar-refractivity contribution in [3.05, 3.63) is 28.6 Å². The molecule has 1 saturated heterocycles. The molecule has 1 unspecified atom stereocenters. The quantitative estimate of drug-likeness (QED) is 0.676. The third-order valence-electron chi connectivity index (χ3n) is 4.34. The van der Waals surface area contributed by atoms with Gasteiger partial charge in [-0.05, 0) is 18.1 Å². The molecule has 0 aromatic carbocycles. The second-order valence-electron chi connectivity index (χ2n) is 5.83. The van der Waals surface area contributed by atoms with E-state index in [1.54, 1.807) is 0 Å². The molecule has 3 heterocycles. The highest BCUT2D eigenvalue weighted by molar-refractivity contribution is 6.22. The molecule has 0 saturated carbocycles. The number of hydrogen-bond acceptors (Lipinski definition) is 6. The first-order valence-electron chi connectivity index (χ1n) is 7.22. The number of carbonyl (C=O) groups excluding carboxylic acids is 5. The van der Waals surface area contributed by atoms with Gasteiger partial charge in [-0.2, -0.15) is 0 Å². The molecule has 1 aromatic heterocycles. The smallest absolute Gasteiger partial charge is 0.280 e. The number of pyridine rings is 1. The molecule has 1 aromatic rings. The Morgan fingerprint density at radius 2 is 1.87 bits per heavy atom. The van der Waals surface area contributed by atoms with Gasteiger partial charge in [0.25, 0.3) is 11.8 Å². The Balaban J connectivity index is 1.72. The van der Waals surface area contributed by atoms with E-state index in [1.165, 1.54) is 6.07 Å². The van der Waals surface area contributed by atoms with Crippen molar-refractivity contribution >= 4 is 29.4 Å². The summed E-state index contributed by atoms with van der Waals surface area (Å²) in [6, 6.07) is 0.521. The zero-order valence-electron chi connectivity index (χ0n) is 11.9. The maximum absolute atomic E-state index is 12.5. The highest BCUT2D eigenvalue weighted by Crippen LogP contribution is 2.30. The van der Waals surface area contributed by atoms with Gasteiger partial charge in [0.1, 0.15) is 17.5 Å². The molecule has 8 heteroatoms. The summed E-state index contributed by atoms with van der Waals surface area (Å²) in [5.41, 5.74) is 1.27. The molecular formula is C15H11N3O5. The zero-order chi connectivity index (χ0) is 16.3. The van der Waals surface area contributed by atoms with E-state index in [9.17, 15) is 24.0 Å². The number of amides is 4. The normalized spacial score (nSPS) is 23.2. The van der Waals surface area contributed by atoms with Crippen molar-refractivity contribution in [3.8, 4) is 0 Å². The highest BCUT2D eigenvalue weighted by Gasteiger charge is 2.46. The van der Waals surface area contributed by atoms with Gasteiger partial charge in [0.05, 0.1) is 11.3 Å². The summed E-state index contributed by atoms with van der Waals surface area (Å²) in [5, 5.41) is 2.14. The molecule has 116 valence electrons.